The highest BCUT2D eigenvalue weighted by atomic mass is 32.1. The Hall–Kier alpha value is -5.10. The van der Waals surface area contributed by atoms with E-state index in [1.807, 2.05) is 57.2 Å². The second kappa shape index (κ2) is 12.0. The highest BCUT2D eigenvalue weighted by Crippen LogP contribution is 2.37. The van der Waals surface area contributed by atoms with Crippen LogP contribution in [0.3, 0.4) is 0 Å². The van der Waals surface area contributed by atoms with Crippen molar-refractivity contribution in [3.05, 3.63) is 143 Å². The van der Waals surface area contributed by atoms with Gasteiger partial charge in [-0.25, -0.2) is 0 Å². The van der Waals surface area contributed by atoms with Gasteiger partial charge in [0.15, 0.2) is 0 Å². The van der Waals surface area contributed by atoms with E-state index in [9.17, 15) is 10.5 Å². The van der Waals surface area contributed by atoms with E-state index in [0.717, 1.165) is 32.4 Å². The van der Waals surface area contributed by atoms with Crippen molar-refractivity contribution in [2.24, 2.45) is 5.41 Å². The molecule has 0 aliphatic carbocycles. The van der Waals surface area contributed by atoms with Crippen LogP contribution in [-0.2, 0) is 4.74 Å². The highest BCUT2D eigenvalue weighted by Gasteiger charge is 2.24. The van der Waals surface area contributed by atoms with Gasteiger partial charge in [0.1, 0.15) is 29.2 Å². The SMILES string of the molecule is CC(C)(C)C1=CC(=C(C#N)C#N)C=C(C=Cc2ccc(-c3ccc(N(c4ccccc4)c4ccccc4)cc3)s2)O1. The maximum atomic E-state index is 9.39. The second-order valence-electron chi connectivity index (χ2n) is 10.6. The Morgan fingerprint density at radius 2 is 1.32 bits per heavy atom. The van der Waals surface area contributed by atoms with Crippen molar-refractivity contribution < 1.29 is 4.74 Å². The summed E-state index contributed by atoms with van der Waals surface area (Å²) in [7, 11) is 0. The second-order valence-corrected chi connectivity index (χ2v) is 11.7. The topological polar surface area (TPSA) is 60.0 Å². The summed E-state index contributed by atoms with van der Waals surface area (Å²) in [6, 6.07) is 37.5. The van der Waals surface area contributed by atoms with E-state index in [2.05, 4.69) is 89.8 Å². The van der Waals surface area contributed by atoms with Crippen LogP contribution in [-0.4, -0.2) is 0 Å². The molecule has 200 valence electrons. The molecule has 2 heterocycles. The zero-order valence-electron chi connectivity index (χ0n) is 23.2. The van der Waals surface area contributed by atoms with Gasteiger partial charge in [0.05, 0.1) is 0 Å². The Morgan fingerprint density at radius 3 is 1.88 bits per heavy atom. The monoisotopic (exact) mass is 551 g/mol. The molecule has 0 spiro atoms. The van der Waals surface area contributed by atoms with Crippen LogP contribution < -0.4 is 4.90 Å². The zero-order chi connectivity index (χ0) is 28.8. The van der Waals surface area contributed by atoms with Crippen LogP contribution in [0.4, 0.5) is 17.1 Å². The molecule has 0 radical (unpaired) electrons. The van der Waals surface area contributed by atoms with Crippen molar-refractivity contribution in [2.75, 3.05) is 4.90 Å². The lowest BCUT2D eigenvalue weighted by Gasteiger charge is -2.26. The molecule has 0 N–H and O–H groups in total. The van der Waals surface area contributed by atoms with E-state index in [-0.39, 0.29) is 11.0 Å². The lowest BCUT2D eigenvalue weighted by molar-refractivity contribution is 0.223. The lowest BCUT2D eigenvalue weighted by atomic mass is 9.90. The first kappa shape index (κ1) is 27.5. The summed E-state index contributed by atoms with van der Waals surface area (Å²) in [4.78, 5) is 4.48. The third kappa shape index (κ3) is 6.39. The molecule has 1 aliphatic heterocycles. The molecule has 0 saturated heterocycles. The van der Waals surface area contributed by atoms with Crippen LogP contribution in [0.2, 0.25) is 0 Å². The van der Waals surface area contributed by atoms with Gasteiger partial charge in [0.2, 0.25) is 0 Å². The molecule has 41 heavy (non-hydrogen) atoms. The largest absolute Gasteiger partial charge is 0.461 e. The first-order valence-electron chi connectivity index (χ1n) is 13.3. The Balaban J connectivity index is 1.38. The summed E-state index contributed by atoms with van der Waals surface area (Å²) in [5.41, 5.74) is 4.81. The number of para-hydroxylation sites is 2. The predicted molar refractivity (Wildman–Crippen MR) is 168 cm³/mol. The van der Waals surface area contributed by atoms with E-state index in [1.54, 1.807) is 23.5 Å². The average molecular weight is 552 g/mol. The third-order valence-corrected chi connectivity index (χ3v) is 7.64. The molecule has 0 amide bonds. The van der Waals surface area contributed by atoms with Gasteiger partial charge in [-0.1, -0.05) is 69.3 Å². The van der Waals surface area contributed by atoms with Crippen LogP contribution in [0.1, 0.15) is 25.6 Å². The van der Waals surface area contributed by atoms with Gasteiger partial charge in [-0.3, -0.25) is 0 Å². The zero-order valence-corrected chi connectivity index (χ0v) is 24.0. The van der Waals surface area contributed by atoms with Crippen molar-refractivity contribution in [3.8, 4) is 22.6 Å². The summed E-state index contributed by atoms with van der Waals surface area (Å²) in [5, 5.41) is 18.8. The summed E-state index contributed by atoms with van der Waals surface area (Å²) < 4.78 is 6.12. The van der Waals surface area contributed by atoms with Crippen LogP contribution in [0.5, 0.6) is 0 Å². The fraction of sp³-hybridized carbons (Fsp3) is 0.111. The molecule has 4 nitrogen and oxygen atoms in total. The van der Waals surface area contributed by atoms with Crippen LogP contribution in [0.25, 0.3) is 16.5 Å². The molecule has 0 bridgehead atoms. The maximum Gasteiger partial charge on any atom is 0.137 e. The van der Waals surface area contributed by atoms with Gasteiger partial charge in [-0.2, -0.15) is 10.5 Å². The summed E-state index contributed by atoms with van der Waals surface area (Å²) in [5.74, 6) is 1.31. The van der Waals surface area contributed by atoms with Crippen molar-refractivity contribution in [2.45, 2.75) is 20.8 Å². The van der Waals surface area contributed by atoms with Gasteiger partial charge in [-0.05, 0) is 78.4 Å². The molecular weight excluding hydrogens is 522 g/mol. The molecule has 0 atom stereocenters. The van der Waals surface area contributed by atoms with E-state index in [0.29, 0.717) is 17.1 Å². The van der Waals surface area contributed by atoms with Gasteiger partial charge in [-0.15, -0.1) is 11.3 Å². The summed E-state index contributed by atoms with van der Waals surface area (Å²) in [6.07, 6.45) is 7.42. The first-order chi connectivity index (χ1) is 19.9. The fourth-order valence-electron chi connectivity index (χ4n) is 4.41. The molecule has 1 aliphatic rings. The van der Waals surface area contributed by atoms with E-state index in [4.69, 9.17) is 4.74 Å². The third-order valence-electron chi connectivity index (χ3n) is 6.54. The number of nitrogens with zero attached hydrogens (tertiary/aromatic N) is 3. The number of allylic oxidation sites excluding steroid dienone is 6. The number of benzene rings is 3. The van der Waals surface area contributed by atoms with Crippen LogP contribution in [0.15, 0.2) is 138 Å². The summed E-state index contributed by atoms with van der Waals surface area (Å²) in [6.45, 7) is 6.12. The number of hydrogen-bond acceptors (Lipinski definition) is 5. The average Bonchev–Trinajstić information content (AvgIpc) is 3.47. The first-order valence-corrected chi connectivity index (χ1v) is 14.1. The van der Waals surface area contributed by atoms with E-state index >= 15 is 0 Å². The molecule has 0 unspecified atom stereocenters. The van der Waals surface area contributed by atoms with Crippen molar-refractivity contribution in [1.29, 1.82) is 10.5 Å². The quantitative estimate of drug-likeness (QED) is 0.224. The van der Waals surface area contributed by atoms with Gasteiger partial charge in [0, 0.05) is 37.8 Å². The smallest absolute Gasteiger partial charge is 0.137 e. The molecule has 3 aromatic carbocycles. The minimum absolute atomic E-state index is 0.0703. The minimum atomic E-state index is -0.270. The number of nitriles is 2. The number of ether oxygens (including phenoxy) is 1. The molecule has 5 rings (SSSR count). The van der Waals surface area contributed by atoms with Crippen molar-refractivity contribution in [1.82, 2.24) is 0 Å². The van der Waals surface area contributed by atoms with Gasteiger partial charge >= 0.3 is 0 Å². The van der Waals surface area contributed by atoms with Crippen LogP contribution >= 0.6 is 11.3 Å². The Labute approximate surface area is 245 Å². The number of rotatable bonds is 6. The normalized spacial score (nSPS) is 13.0. The molecule has 0 saturated carbocycles. The van der Waals surface area contributed by atoms with E-state index in [1.165, 1.54) is 0 Å². The van der Waals surface area contributed by atoms with Crippen molar-refractivity contribution in [3.63, 3.8) is 0 Å². The number of anilines is 3. The molecule has 4 aromatic rings. The fourth-order valence-corrected chi connectivity index (χ4v) is 5.33. The molecular formula is C36H29N3OS. The highest BCUT2D eigenvalue weighted by molar-refractivity contribution is 7.16. The minimum Gasteiger partial charge on any atom is -0.461 e. The predicted octanol–water partition coefficient (Wildman–Crippen LogP) is 10.1. The van der Waals surface area contributed by atoms with Gasteiger partial charge < -0.3 is 9.64 Å². The van der Waals surface area contributed by atoms with Crippen LogP contribution in [0, 0.1) is 28.1 Å². The lowest BCUT2D eigenvalue weighted by Crippen LogP contribution is -2.15. The standard InChI is InChI=1S/C36H29N3OS/c1-36(2,3)35-23-27(28(24-37)25-38)22-32(40-35)18-19-33-20-21-34(41-33)26-14-16-31(17-15-26)39(29-10-6-4-7-11-29)30-12-8-5-9-13-30/h4-23H,1-3H3. The van der Waals surface area contributed by atoms with E-state index < -0.39 is 0 Å². The summed E-state index contributed by atoms with van der Waals surface area (Å²) >= 11 is 1.69. The molecule has 1 aromatic heterocycles. The Morgan fingerprint density at radius 1 is 0.732 bits per heavy atom. The van der Waals surface area contributed by atoms with Crippen molar-refractivity contribution >= 4 is 34.5 Å². The Kier molecular flexibility index (Phi) is 8.01. The maximum absolute atomic E-state index is 9.39. The molecule has 0 fully saturated rings. The Bertz CT molecular complexity index is 1680. The number of thiophene rings is 1. The number of hydrogen-bond donors (Lipinski definition) is 0. The van der Waals surface area contributed by atoms with Gasteiger partial charge in [0.25, 0.3) is 0 Å². The molecule has 5 heteroatoms.